The third-order valence-corrected chi connectivity index (χ3v) is 6.81. The Hall–Kier alpha value is -2.34. The number of nitrogens with one attached hydrogen (secondary N) is 2. The van der Waals surface area contributed by atoms with Gasteiger partial charge < -0.3 is 4.74 Å². The number of ether oxygens (including phenoxy) is 1. The zero-order valence-corrected chi connectivity index (χ0v) is 17.1. The summed E-state index contributed by atoms with van der Waals surface area (Å²) in [6.07, 6.45) is 3.21. The Bertz CT molecular complexity index is 1210. The lowest BCUT2D eigenvalue weighted by Gasteiger charge is -2.11. The molecule has 150 valence electrons. The number of pyridine rings is 1. The first-order valence-electron chi connectivity index (χ1n) is 7.97. The molecule has 0 bridgehead atoms. The van der Waals surface area contributed by atoms with Crippen LogP contribution in [0.4, 0.5) is 5.69 Å². The van der Waals surface area contributed by atoms with Gasteiger partial charge in [-0.15, -0.1) is 0 Å². The van der Waals surface area contributed by atoms with Crippen molar-refractivity contribution in [3.8, 4) is 5.75 Å². The van der Waals surface area contributed by atoms with Gasteiger partial charge in [0.25, 0.3) is 0 Å². The van der Waals surface area contributed by atoms with Crippen molar-refractivity contribution in [3.63, 3.8) is 0 Å². The van der Waals surface area contributed by atoms with Crippen molar-refractivity contribution in [1.29, 1.82) is 0 Å². The predicted octanol–water partition coefficient (Wildman–Crippen LogP) is 1.72. The maximum atomic E-state index is 12.3. The topological polar surface area (TPSA) is 119 Å². The fraction of sp³-hybridized carbons (Fsp3) is 0.188. The summed E-state index contributed by atoms with van der Waals surface area (Å²) in [5, 5.41) is 4.16. The molecule has 0 saturated heterocycles. The number of benzene rings is 1. The molecule has 0 radical (unpaired) electrons. The summed E-state index contributed by atoms with van der Waals surface area (Å²) in [6.45, 7) is -0.309. The summed E-state index contributed by atoms with van der Waals surface area (Å²) < 4.78 is 60.3. The van der Waals surface area contributed by atoms with E-state index in [1.807, 2.05) is 0 Å². The summed E-state index contributed by atoms with van der Waals surface area (Å²) in [5.74, 6) is -0.108. The van der Waals surface area contributed by atoms with Crippen LogP contribution in [0.1, 0.15) is 0 Å². The van der Waals surface area contributed by atoms with E-state index in [4.69, 9.17) is 16.3 Å². The van der Waals surface area contributed by atoms with Crippen molar-refractivity contribution < 1.29 is 21.6 Å². The van der Waals surface area contributed by atoms with E-state index in [0.29, 0.717) is 11.4 Å². The van der Waals surface area contributed by atoms with E-state index in [0.717, 1.165) is 5.52 Å². The monoisotopic (exact) mass is 444 g/mol. The molecule has 2 heterocycles. The van der Waals surface area contributed by atoms with Crippen LogP contribution in [-0.2, 0) is 20.0 Å². The van der Waals surface area contributed by atoms with Crippen molar-refractivity contribution in [2.24, 2.45) is 0 Å². The van der Waals surface area contributed by atoms with E-state index in [2.05, 4.69) is 14.5 Å². The highest BCUT2D eigenvalue weighted by atomic mass is 35.5. The van der Waals surface area contributed by atoms with E-state index < -0.39 is 25.8 Å². The van der Waals surface area contributed by atoms with Crippen LogP contribution in [0, 0.1) is 0 Å². The van der Waals surface area contributed by atoms with Crippen LogP contribution < -0.4 is 14.2 Å². The van der Waals surface area contributed by atoms with Crippen molar-refractivity contribution in [2.45, 2.75) is 4.90 Å². The van der Waals surface area contributed by atoms with Gasteiger partial charge in [0.2, 0.25) is 20.0 Å². The smallest absolute Gasteiger partial charge is 0.240 e. The molecule has 28 heavy (non-hydrogen) atoms. The van der Waals surface area contributed by atoms with Crippen LogP contribution in [0.15, 0.2) is 53.7 Å². The van der Waals surface area contributed by atoms with E-state index in [1.54, 1.807) is 35.1 Å². The Balaban J connectivity index is 1.63. The highest BCUT2D eigenvalue weighted by Gasteiger charge is 2.18. The summed E-state index contributed by atoms with van der Waals surface area (Å²) in [6, 6.07) is 8.87. The number of nitrogens with zero attached hydrogens (tertiary/aromatic N) is 2. The quantitative estimate of drug-likeness (QED) is 0.546. The number of hydrogen-bond donors (Lipinski definition) is 2. The SMILES string of the molecule is COc1ccc(S(=O)(=O)NCCS(=O)(=O)Nc2ccn3nccc3c2)cc1Cl. The second-order valence-corrected chi connectivity index (χ2v) is 9.75. The zero-order valence-electron chi connectivity index (χ0n) is 14.7. The second kappa shape index (κ2) is 7.95. The van der Waals surface area contributed by atoms with Gasteiger partial charge in [0.1, 0.15) is 5.75 Å². The van der Waals surface area contributed by atoms with Gasteiger partial charge in [-0.05, 0) is 36.4 Å². The standard InChI is InChI=1S/C16H17ClN4O5S2/c1-26-16-3-2-14(11-15(16)17)28(24,25)19-7-9-27(22,23)20-12-5-8-21-13(10-12)4-6-18-21/h2-6,8,10-11,19-20H,7,9H2,1H3. The maximum absolute atomic E-state index is 12.3. The van der Waals surface area contributed by atoms with Crippen molar-refractivity contribution in [1.82, 2.24) is 14.3 Å². The fourth-order valence-corrected chi connectivity index (χ4v) is 4.89. The van der Waals surface area contributed by atoms with Crippen LogP contribution >= 0.6 is 11.6 Å². The number of methoxy groups -OCH3 is 1. The molecular formula is C16H17ClN4O5S2. The summed E-state index contributed by atoms with van der Waals surface area (Å²) in [5.41, 5.74) is 1.08. The van der Waals surface area contributed by atoms with Gasteiger partial charge in [0.05, 0.1) is 34.0 Å². The third-order valence-electron chi connectivity index (χ3n) is 3.77. The molecule has 2 N–H and O–H groups in total. The average Bonchev–Trinajstić information content (AvgIpc) is 3.08. The summed E-state index contributed by atoms with van der Waals surface area (Å²) >= 11 is 5.94. The number of halogens is 1. The minimum Gasteiger partial charge on any atom is -0.495 e. The number of anilines is 1. The number of fused-ring (bicyclic) bond motifs is 1. The predicted molar refractivity (Wildman–Crippen MR) is 106 cm³/mol. The van der Waals surface area contributed by atoms with E-state index in [9.17, 15) is 16.8 Å². The Kier molecular flexibility index (Phi) is 5.79. The molecule has 12 heteroatoms. The summed E-state index contributed by atoms with van der Waals surface area (Å²) in [7, 11) is -6.27. The van der Waals surface area contributed by atoms with Crippen LogP contribution in [0.5, 0.6) is 5.75 Å². The van der Waals surface area contributed by atoms with E-state index in [1.165, 1.54) is 25.3 Å². The molecule has 0 aliphatic rings. The highest BCUT2D eigenvalue weighted by molar-refractivity contribution is 7.92. The van der Waals surface area contributed by atoms with Gasteiger partial charge in [0.15, 0.2) is 0 Å². The number of hydrogen-bond acceptors (Lipinski definition) is 6. The molecule has 0 aliphatic heterocycles. The third kappa shape index (κ3) is 4.73. The van der Waals surface area contributed by atoms with Crippen LogP contribution in [0.25, 0.3) is 5.52 Å². The lowest BCUT2D eigenvalue weighted by molar-refractivity contribution is 0.414. The summed E-state index contributed by atoms with van der Waals surface area (Å²) in [4.78, 5) is -0.0881. The second-order valence-electron chi connectivity index (χ2n) is 5.73. The molecule has 0 amide bonds. The minimum atomic E-state index is -3.92. The van der Waals surface area contributed by atoms with Crippen LogP contribution in [0.3, 0.4) is 0 Å². The lowest BCUT2D eigenvalue weighted by Crippen LogP contribution is -2.31. The van der Waals surface area contributed by atoms with Crippen molar-refractivity contribution in [2.75, 3.05) is 24.1 Å². The molecule has 3 rings (SSSR count). The Morgan fingerprint density at radius 1 is 1.14 bits per heavy atom. The van der Waals surface area contributed by atoms with Crippen LogP contribution in [0.2, 0.25) is 5.02 Å². The van der Waals surface area contributed by atoms with Gasteiger partial charge in [-0.25, -0.2) is 26.1 Å². The molecule has 0 spiro atoms. The lowest BCUT2D eigenvalue weighted by atomic mass is 10.3. The van der Waals surface area contributed by atoms with Crippen molar-refractivity contribution >= 4 is 42.9 Å². The first-order valence-corrected chi connectivity index (χ1v) is 11.5. The van der Waals surface area contributed by atoms with Crippen molar-refractivity contribution in [3.05, 3.63) is 53.8 Å². The fourth-order valence-electron chi connectivity index (χ4n) is 2.42. The molecule has 0 atom stereocenters. The molecule has 0 fully saturated rings. The molecule has 9 nitrogen and oxygen atoms in total. The first-order chi connectivity index (χ1) is 13.2. The molecule has 1 aromatic carbocycles. The average molecular weight is 445 g/mol. The van der Waals surface area contributed by atoms with E-state index in [-0.39, 0.29) is 16.5 Å². The minimum absolute atomic E-state index is 0.0881. The first kappa shape index (κ1) is 20.4. The van der Waals surface area contributed by atoms with Gasteiger partial charge in [-0.3, -0.25) is 4.72 Å². The van der Waals surface area contributed by atoms with Gasteiger partial charge in [-0.1, -0.05) is 11.6 Å². The van der Waals surface area contributed by atoms with E-state index >= 15 is 0 Å². The molecule has 0 unspecified atom stereocenters. The number of rotatable bonds is 8. The number of aromatic nitrogens is 2. The number of sulfonamides is 2. The molecular weight excluding hydrogens is 428 g/mol. The molecule has 0 aliphatic carbocycles. The molecule has 2 aromatic heterocycles. The highest BCUT2D eigenvalue weighted by Crippen LogP contribution is 2.26. The maximum Gasteiger partial charge on any atom is 0.240 e. The van der Waals surface area contributed by atoms with Gasteiger partial charge in [0, 0.05) is 18.9 Å². The largest absolute Gasteiger partial charge is 0.495 e. The molecule has 0 saturated carbocycles. The normalized spacial score (nSPS) is 12.2. The van der Waals surface area contributed by atoms with Crippen LogP contribution in [-0.4, -0.2) is 45.9 Å². The Morgan fingerprint density at radius 3 is 2.64 bits per heavy atom. The van der Waals surface area contributed by atoms with Gasteiger partial charge >= 0.3 is 0 Å². The Morgan fingerprint density at radius 2 is 1.93 bits per heavy atom. The van der Waals surface area contributed by atoms with Gasteiger partial charge in [-0.2, -0.15) is 5.10 Å². The Labute approximate surface area is 167 Å². The molecule has 3 aromatic rings. The zero-order chi connectivity index (χ0) is 20.4.